The number of quaternary nitrogens is 2. The van der Waals surface area contributed by atoms with E-state index in [2.05, 4.69) is 20.9 Å². The molecular formula is C14H26N2O8. The molecule has 10 nitrogen and oxygen atoms in total. The van der Waals surface area contributed by atoms with Gasteiger partial charge < -0.3 is 40.7 Å². The van der Waals surface area contributed by atoms with Gasteiger partial charge in [-0.25, -0.2) is 0 Å². The normalized spacial score (nSPS) is 12.2. The first-order valence-electron chi connectivity index (χ1n) is 7.54. The highest BCUT2D eigenvalue weighted by Gasteiger charge is 2.11. The van der Waals surface area contributed by atoms with Crippen LogP contribution in [0.3, 0.4) is 0 Å². The summed E-state index contributed by atoms with van der Waals surface area (Å²) in [6.07, 6.45) is 0.494. The van der Waals surface area contributed by atoms with Gasteiger partial charge in [0.05, 0.1) is 38.0 Å². The number of carboxylic acids is 2. The summed E-state index contributed by atoms with van der Waals surface area (Å²) in [6.45, 7) is 4.01. The van der Waals surface area contributed by atoms with E-state index in [-0.39, 0.29) is 25.7 Å². The third-order valence-corrected chi connectivity index (χ3v) is 2.67. The van der Waals surface area contributed by atoms with Crippen molar-refractivity contribution < 1.29 is 50.3 Å². The number of esters is 2. The van der Waals surface area contributed by atoms with E-state index in [1.54, 1.807) is 13.8 Å². The van der Waals surface area contributed by atoms with E-state index in [4.69, 9.17) is 0 Å². The Bertz CT molecular complexity index is 376. The van der Waals surface area contributed by atoms with E-state index in [1.807, 2.05) is 0 Å². The van der Waals surface area contributed by atoms with Crippen molar-refractivity contribution in [3.05, 3.63) is 0 Å². The molecule has 0 heterocycles. The van der Waals surface area contributed by atoms with Crippen molar-refractivity contribution in [2.24, 2.45) is 0 Å². The molecule has 0 spiro atoms. The Kier molecular flexibility index (Phi) is 14.4. The van der Waals surface area contributed by atoms with Crippen molar-refractivity contribution in [1.29, 1.82) is 0 Å². The molecule has 0 aromatic heterocycles. The Balaban J connectivity index is 0. The zero-order valence-corrected chi connectivity index (χ0v) is 14.1. The average molecular weight is 350 g/mol. The zero-order valence-electron chi connectivity index (χ0n) is 14.1. The lowest BCUT2D eigenvalue weighted by molar-refractivity contribution is -0.438. The molecule has 0 amide bonds. The van der Waals surface area contributed by atoms with Gasteiger partial charge in [0.2, 0.25) is 0 Å². The lowest BCUT2D eigenvalue weighted by Crippen LogP contribution is -2.68. The van der Waals surface area contributed by atoms with Gasteiger partial charge in [-0.2, -0.15) is 0 Å². The van der Waals surface area contributed by atoms with Crippen LogP contribution in [-0.2, 0) is 28.7 Å². The lowest BCUT2D eigenvalue weighted by atomic mass is 10.2. The van der Waals surface area contributed by atoms with Crippen molar-refractivity contribution >= 4 is 23.9 Å². The molecule has 0 aromatic carbocycles. The van der Waals surface area contributed by atoms with E-state index in [1.165, 1.54) is 0 Å². The fourth-order valence-corrected chi connectivity index (χ4v) is 1.29. The summed E-state index contributed by atoms with van der Waals surface area (Å²) in [4.78, 5) is 41.7. The fraction of sp³-hybridized carbons (Fsp3) is 0.714. The zero-order chi connectivity index (χ0) is 19.1. The number of carbonyl (C=O) groups excluding carboxylic acids is 4. The molecule has 24 heavy (non-hydrogen) atoms. The molecule has 140 valence electrons. The van der Waals surface area contributed by atoms with Crippen LogP contribution in [-0.4, -0.2) is 49.2 Å². The number of aliphatic carboxylic acids is 2. The van der Waals surface area contributed by atoms with E-state index < -0.39 is 36.0 Å². The smallest absolute Gasteiger partial charge is 0.306 e. The van der Waals surface area contributed by atoms with Gasteiger partial charge in [0.1, 0.15) is 12.1 Å². The second-order valence-corrected chi connectivity index (χ2v) is 4.72. The summed E-state index contributed by atoms with van der Waals surface area (Å²) in [5.41, 5.74) is 6.60. The van der Waals surface area contributed by atoms with E-state index in [0.717, 1.165) is 0 Å². The van der Waals surface area contributed by atoms with Crippen molar-refractivity contribution in [3.8, 4) is 0 Å². The summed E-state index contributed by atoms with van der Waals surface area (Å²) < 4.78 is 9.18. The van der Waals surface area contributed by atoms with Crippen LogP contribution in [0.25, 0.3) is 0 Å². The largest absolute Gasteiger partial charge is 0.544 e. The van der Waals surface area contributed by atoms with Gasteiger partial charge in [-0.3, -0.25) is 9.59 Å². The van der Waals surface area contributed by atoms with Gasteiger partial charge in [-0.1, -0.05) is 0 Å². The van der Waals surface area contributed by atoms with Crippen molar-refractivity contribution in [3.63, 3.8) is 0 Å². The monoisotopic (exact) mass is 350 g/mol. The minimum Gasteiger partial charge on any atom is -0.544 e. The SMILES string of the molecule is CCOC(=O)CC[C@H]([NH3+])C(=O)[O-].CCOC(=O)CC[C@H]([NH3+])C(=O)[O-]. The molecule has 0 saturated carbocycles. The maximum absolute atomic E-state index is 10.7. The highest BCUT2D eigenvalue weighted by Crippen LogP contribution is 1.95. The van der Waals surface area contributed by atoms with Gasteiger partial charge in [-0.15, -0.1) is 0 Å². The predicted octanol–water partition coefficient (Wildman–Crippen LogP) is -4.62. The Labute approximate surface area is 140 Å². The van der Waals surface area contributed by atoms with Gasteiger partial charge in [-0.05, 0) is 13.8 Å². The second-order valence-electron chi connectivity index (χ2n) is 4.72. The van der Waals surface area contributed by atoms with Crippen LogP contribution in [0, 0.1) is 0 Å². The van der Waals surface area contributed by atoms with Gasteiger partial charge in [0.25, 0.3) is 0 Å². The first-order chi connectivity index (χ1) is 11.1. The number of hydrogen-bond donors (Lipinski definition) is 2. The molecule has 0 aliphatic rings. The lowest BCUT2D eigenvalue weighted by Gasteiger charge is -2.07. The molecule has 0 bridgehead atoms. The van der Waals surface area contributed by atoms with Crippen LogP contribution >= 0.6 is 0 Å². The van der Waals surface area contributed by atoms with Crippen LogP contribution < -0.4 is 21.7 Å². The first-order valence-corrected chi connectivity index (χ1v) is 7.54. The third-order valence-electron chi connectivity index (χ3n) is 2.67. The van der Waals surface area contributed by atoms with Crippen LogP contribution in [0.15, 0.2) is 0 Å². The van der Waals surface area contributed by atoms with Crippen molar-refractivity contribution in [2.45, 2.75) is 51.6 Å². The van der Waals surface area contributed by atoms with Crippen LogP contribution in [0.2, 0.25) is 0 Å². The predicted molar refractivity (Wildman–Crippen MR) is 75.1 cm³/mol. The molecular weight excluding hydrogens is 324 g/mol. The van der Waals surface area contributed by atoms with Gasteiger partial charge in [0, 0.05) is 12.8 Å². The number of ether oxygens (including phenoxy) is 2. The Morgan fingerprint density at radius 3 is 1.29 bits per heavy atom. The number of carbonyl (C=O) groups is 4. The van der Waals surface area contributed by atoms with E-state index >= 15 is 0 Å². The van der Waals surface area contributed by atoms with Crippen LogP contribution in [0.5, 0.6) is 0 Å². The highest BCUT2D eigenvalue weighted by atomic mass is 16.5. The van der Waals surface area contributed by atoms with Crippen LogP contribution in [0.4, 0.5) is 0 Å². The molecule has 6 N–H and O–H groups in total. The standard InChI is InChI=1S/2C7H13NO4/c2*1-2-12-6(9)4-3-5(8)7(10)11/h2*5H,2-4,8H2,1H3,(H,10,11)/t2*5-/m00/s1. The summed E-state index contributed by atoms with van der Waals surface area (Å²) in [5.74, 6) is -3.27. The summed E-state index contributed by atoms with van der Waals surface area (Å²) in [7, 11) is 0. The van der Waals surface area contributed by atoms with Gasteiger partial charge >= 0.3 is 11.9 Å². The number of hydrogen-bond acceptors (Lipinski definition) is 8. The maximum atomic E-state index is 10.7. The van der Waals surface area contributed by atoms with Crippen molar-refractivity contribution in [2.75, 3.05) is 13.2 Å². The average Bonchev–Trinajstić information content (AvgIpc) is 2.51. The molecule has 0 radical (unpaired) electrons. The van der Waals surface area contributed by atoms with Gasteiger partial charge in [0.15, 0.2) is 0 Å². The van der Waals surface area contributed by atoms with Crippen LogP contribution in [0.1, 0.15) is 39.5 Å². The summed E-state index contributed by atoms with van der Waals surface area (Å²) >= 11 is 0. The molecule has 0 aliphatic heterocycles. The Morgan fingerprint density at radius 1 is 0.792 bits per heavy atom. The molecule has 0 rings (SSSR count). The van der Waals surface area contributed by atoms with E-state index in [9.17, 15) is 29.4 Å². The molecule has 0 fully saturated rings. The minimum atomic E-state index is -1.24. The molecule has 2 atom stereocenters. The van der Waals surface area contributed by atoms with Crippen molar-refractivity contribution in [1.82, 2.24) is 0 Å². The molecule has 0 saturated heterocycles. The molecule has 0 aliphatic carbocycles. The molecule has 0 unspecified atom stereocenters. The highest BCUT2D eigenvalue weighted by molar-refractivity contribution is 5.73. The second kappa shape index (κ2) is 14.4. The maximum Gasteiger partial charge on any atom is 0.306 e. The first kappa shape index (κ1) is 24.1. The minimum absolute atomic E-state index is 0.0794. The fourth-order valence-electron chi connectivity index (χ4n) is 1.29. The van der Waals surface area contributed by atoms with E-state index in [0.29, 0.717) is 13.2 Å². The third kappa shape index (κ3) is 14.7. The number of carboxylic acid groups (broad SMARTS) is 2. The Morgan fingerprint density at radius 2 is 1.08 bits per heavy atom. The quantitative estimate of drug-likeness (QED) is 0.368. The molecule has 10 heteroatoms. The number of rotatable bonds is 10. The Hall–Kier alpha value is -2.20. The topological polar surface area (TPSA) is 188 Å². The summed E-state index contributed by atoms with van der Waals surface area (Å²) in [5, 5.41) is 20.3. The summed E-state index contributed by atoms with van der Waals surface area (Å²) in [6, 6.07) is -1.68. The molecule has 0 aromatic rings.